The summed E-state index contributed by atoms with van der Waals surface area (Å²) in [6.07, 6.45) is 0.855. The van der Waals surface area contributed by atoms with Crippen LogP contribution in [-0.2, 0) is 26.1 Å². The maximum atomic E-state index is 11.1. The summed E-state index contributed by atoms with van der Waals surface area (Å²) >= 11 is 0. The lowest BCUT2D eigenvalue weighted by atomic mass is 9.80. The first kappa shape index (κ1) is 66.6. The lowest BCUT2D eigenvalue weighted by Gasteiger charge is -2.23. The Labute approximate surface area is 619 Å². The third kappa shape index (κ3) is 13.3. The fourth-order valence-electron chi connectivity index (χ4n) is 15.9. The van der Waals surface area contributed by atoms with E-state index in [0.717, 1.165) is 108 Å². The Bertz CT molecular complexity index is 6260. The maximum absolute atomic E-state index is 11.1. The molecule has 0 aliphatic rings. The van der Waals surface area contributed by atoms with Crippen LogP contribution in [0.15, 0.2) is 346 Å². The first-order chi connectivity index (χ1) is 52.5. The SMILES string of the molecule is Cc1ccc(C(c2ccc(O)cc2)c2c3ccccc3cc3ccccc23)cc1.Oc1cc(O)c(Cc2c3ccccc3cc3ccccc23)c(OCc2c3ccccc3cc3ccccc23)c1.Oc1cc(OCc2c3ccccc3cc3ccccc23)cc(O)c1Cc1c2ccccc2cc2ccccc12. The molecule has 19 rings (SSSR count). The fraction of sp³-hybridized carbons (Fsp3) is 0.0600. The Kier molecular flexibility index (Phi) is 18.0. The molecule has 0 heterocycles. The quantitative estimate of drug-likeness (QED) is 0.0576. The van der Waals surface area contributed by atoms with E-state index in [9.17, 15) is 25.5 Å². The van der Waals surface area contributed by atoms with E-state index in [1.807, 2.05) is 109 Å². The van der Waals surface area contributed by atoms with Gasteiger partial charge in [-0.15, -0.1) is 0 Å². The molecule has 0 aliphatic carbocycles. The van der Waals surface area contributed by atoms with Gasteiger partial charge in [-0.1, -0.05) is 285 Å². The molecule has 1 unspecified atom stereocenters. The maximum Gasteiger partial charge on any atom is 0.130 e. The number of fused-ring (bicyclic) bond motifs is 10. The molecule has 0 radical (unpaired) electrons. The van der Waals surface area contributed by atoms with Crippen LogP contribution >= 0.6 is 0 Å². The summed E-state index contributed by atoms with van der Waals surface area (Å²) < 4.78 is 12.7. The van der Waals surface area contributed by atoms with Crippen molar-refractivity contribution in [2.45, 2.75) is 38.9 Å². The summed E-state index contributed by atoms with van der Waals surface area (Å²) in [6, 6.07) is 117. The number of aryl methyl sites for hydroxylation is 1. The van der Waals surface area contributed by atoms with Crippen LogP contribution in [-0.4, -0.2) is 25.5 Å². The second-order valence-electron chi connectivity index (χ2n) is 27.7. The average Bonchev–Trinajstić information content (AvgIpc) is 0.782. The molecule has 19 aromatic carbocycles. The minimum absolute atomic E-state index is 0.0183. The Hall–Kier alpha value is -13.6. The predicted octanol–water partition coefficient (Wildman–Crippen LogP) is 24.9. The van der Waals surface area contributed by atoms with Gasteiger partial charge >= 0.3 is 0 Å². The molecule has 0 aromatic heterocycles. The van der Waals surface area contributed by atoms with E-state index in [2.05, 4.69) is 207 Å². The highest BCUT2D eigenvalue weighted by atomic mass is 16.5. The van der Waals surface area contributed by atoms with Gasteiger partial charge in [0.15, 0.2) is 0 Å². The molecule has 516 valence electrons. The van der Waals surface area contributed by atoms with Crippen LogP contribution in [0, 0.1) is 6.92 Å². The third-order valence-corrected chi connectivity index (χ3v) is 21.1. The molecule has 0 aliphatic heterocycles. The first-order valence-electron chi connectivity index (χ1n) is 36.2. The van der Waals surface area contributed by atoms with Crippen LogP contribution < -0.4 is 9.47 Å². The minimum Gasteiger partial charge on any atom is -0.508 e. The van der Waals surface area contributed by atoms with Crippen molar-refractivity contribution >= 4 is 108 Å². The van der Waals surface area contributed by atoms with Gasteiger partial charge in [0, 0.05) is 65.3 Å². The van der Waals surface area contributed by atoms with Crippen molar-refractivity contribution in [3.63, 3.8) is 0 Å². The molecule has 0 fully saturated rings. The van der Waals surface area contributed by atoms with E-state index in [0.29, 0.717) is 54.4 Å². The molecule has 0 saturated heterocycles. The number of hydrogen-bond donors (Lipinski definition) is 5. The summed E-state index contributed by atoms with van der Waals surface area (Å²) in [6.45, 7) is 2.73. The zero-order chi connectivity index (χ0) is 72.5. The second-order valence-corrected chi connectivity index (χ2v) is 27.7. The number of rotatable bonds is 13. The molecule has 0 bridgehead atoms. The van der Waals surface area contributed by atoms with Crippen molar-refractivity contribution < 1.29 is 35.0 Å². The van der Waals surface area contributed by atoms with E-state index in [-0.39, 0.29) is 28.9 Å². The fourth-order valence-corrected chi connectivity index (χ4v) is 15.9. The van der Waals surface area contributed by atoms with Crippen LogP contribution in [0.25, 0.3) is 108 Å². The van der Waals surface area contributed by atoms with Crippen molar-refractivity contribution in [2.75, 3.05) is 0 Å². The largest absolute Gasteiger partial charge is 0.508 e. The van der Waals surface area contributed by atoms with Crippen LogP contribution in [0.3, 0.4) is 0 Å². The van der Waals surface area contributed by atoms with Gasteiger partial charge < -0.3 is 35.0 Å². The van der Waals surface area contributed by atoms with Gasteiger partial charge in [-0.2, -0.15) is 0 Å². The molecular formula is C100H74O7. The van der Waals surface area contributed by atoms with Crippen molar-refractivity contribution in [3.05, 3.63) is 401 Å². The average molecular weight is 1390 g/mol. The number of phenols is 5. The van der Waals surface area contributed by atoms with Crippen LogP contribution in [0.5, 0.6) is 40.2 Å². The van der Waals surface area contributed by atoms with Crippen molar-refractivity contribution in [1.82, 2.24) is 0 Å². The minimum atomic E-state index is -0.0307. The van der Waals surface area contributed by atoms with Crippen LogP contribution in [0.2, 0.25) is 0 Å². The highest BCUT2D eigenvalue weighted by Crippen LogP contribution is 2.45. The lowest BCUT2D eigenvalue weighted by molar-refractivity contribution is 0.301. The summed E-state index contributed by atoms with van der Waals surface area (Å²) in [4.78, 5) is 0. The van der Waals surface area contributed by atoms with Gasteiger partial charge in [0.1, 0.15) is 53.5 Å². The van der Waals surface area contributed by atoms with Crippen LogP contribution in [0.1, 0.15) is 61.6 Å². The van der Waals surface area contributed by atoms with Gasteiger partial charge in [0.25, 0.3) is 0 Å². The number of hydrogen-bond acceptors (Lipinski definition) is 7. The Morgan fingerprint density at radius 1 is 0.243 bits per heavy atom. The standard InChI is InChI=1S/2C36H26O3.C28H22O/c37-35-19-27(39-22-34-30-15-7-3-11-25(30)18-26-12-4-8-16-31(26)34)20-36(38)33(35)21-32-28-13-5-1-9-23(28)17-24-10-2-6-14-29(24)32;37-27-19-35(38)33(21-32-28-13-5-1-9-23(28)17-24-10-2-6-14-29(24)32)36(20-27)39-22-34-30-15-7-3-11-25(30)18-26-12-4-8-16-31(26)34;1-19-10-12-20(13-11-19)27(21-14-16-24(29)17-15-21)28-25-8-4-2-6-22(25)18-23-7-3-5-9-26(23)28/h2*1-20,37-38H,21-22H2;2-18,27,29H,1H3. The van der Waals surface area contributed by atoms with Crippen LogP contribution in [0.4, 0.5) is 0 Å². The summed E-state index contributed by atoms with van der Waals surface area (Å²) in [7, 11) is 0. The smallest absolute Gasteiger partial charge is 0.130 e. The highest BCUT2D eigenvalue weighted by molar-refractivity contribution is 6.07. The lowest BCUT2D eigenvalue weighted by Crippen LogP contribution is -2.05. The molecule has 1 atom stereocenters. The molecule has 0 spiro atoms. The normalized spacial score (nSPS) is 11.7. The van der Waals surface area contributed by atoms with E-state index in [1.54, 1.807) is 30.3 Å². The Balaban J connectivity index is 0.000000119. The molecule has 7 heteroatoms. The molecule has 107 heavy (non-hydrogen) atoms. The summed E-state index contributed by atoms with van der Waals surface area (Å²) in [5, 5.41) is 76.7. The topological polar surface area (TPSA) is 120 Å². The van der Waals surface area contributed by atoms with E-state index in [1.165, 1.54) is 49.9 Å². The van der Waals surface area contributed by atoms with Gasteiger partial charge in [0.05, 0.1) is 0 Å². The van der Waals surface area contributed by atoms with Crippen molar-refractivity contribution in [3.8, 4) is 40.2 Å². The van der Waals surface area contributed by atoms with Crippen molar-refractivity contribution in [2.24, 2.45) is 0 Å². The number of aromatic hydroxyl groups is 5. The van der Waals surface area contributed by atoms with Gasteiger partial charge in [0.2, 0.25) is 0 Å². The summed E-state index contributed by atoms with van der Waals surface area (Å²) in [5.74, 6) is 1.29. The Morgan fingerprint density at radius 3 is 0.879 bits per heavy atom. The van der Waals surface area contributed by atoms with Crippen molar-refractivity contribution in [1.29, 1.82) is 0 Å². The third-order valence-electron chi connectivity index (χ3n) is 21.1. The molecule has 5 N–H and O–H groups in total. The van der Waals surface area contributed by atoms with Gasteiger partial charge in [-0.3, -0.25) is 0 Å². The zero-order valence-electron chi connectivity index (χ0n) is 58.9. The number of benzene rings is 19. The molecule has 0 amide bonds. The Morgan fingerprint density at radius 2 is 0.523 bits per heavy atom. The number of phenolic OH excluding ortho intramolecular Hbond substituents is 5. The highest BCUT2D eigenvalue weighted by Gasteiger charge is 2.24. The van der Waals surface area contributed by atoms with E-state index < -0.39 is 0 Å². The van der Waals surface area contributed by atoms with E-state index in [4.69, 9.17) is 9.47 Å². The molecule has 19 aromatic rings. The summed E-state index contributed by atoms with van der Waals surface area (Å²) in [5.41, 5.74) is 10.5. The first-order valence-corrected chi connectivity index (χ1v) is 36.2. The number of ether oxygens (including phenoxy) is 2. The molecular weight excluding hydrogens is 1310 g/mol. The molecule has 7 nitrogen and oxygen atoms in total. The predicted molar refractivity (Wildman–Crippen MR) is 441 cm³/mol. The monoisotopic (exact) mass is 1390 g/mol. The van der Waals surface area contributed by atoms with E-state index >= 15 is 0 Å². The van der Waals surface area contributed by atoms with Gasteiger partial charge in [-0.25, -0.2) is 0 Å². The van der Waals surface area contributed by atoms with Gasteiger partial charge in [-0.05, 0) is 185 Å². The molecule has 0 saturated carbocycles. The second kappa shape index (κ2) is 28.9. The zero-order valence-corrected chi connectivity index (χ0v) is 58.9.